The van der Waals surface area contributed by atoms with E-state index in [0.717, 1.165) is 17.2 Å². The summed E-state index contributed by atoms with van der Waals surface area (Å²) in [6.07, 6.45) is 0.186. The van der Waals surface area contributed by atoms with Crippen molar-refractivity contribution in [3.8, 4) is 22.6 Å². The minimum Gasteiger partial charge on any atom is -0.457 e. The molecule has 3 nitrogen and oxygen atoms in total. The summed E-state index contributed by atoms with van der Waals surface area (Å²) in [4.78, 5) is 11.0. The quantitative estimate of drug-likeness (QED) is 0.719. The average Bonchev–Trinajstić information content (AvgIpc) is 2.57. The van der Waals surface area contributed by atoms with E-state index in [9.17, 15) is 13.6 Å². The predicted molar refractivity (Wildman–Crippen MR) is 95.9 cm³/mol. The van der Waals surface area contributed by atoms with Gasteiger partial charge in [0, 0.05) is 6.07 Å². The monoisotopic (exact) mass is 353 g/mol. The van der Waals surface area contributed by atoms with Crippen molar-refractivity contribution in [1.29, 1.82) is 0 Å². The number of carbonyl (C=O) groups excluding carboxylic acids is 1. The van der Waals surface area contributed by atoms with Gasteiger partial charge in [-0.1, -0.05) is 18.2 Å². The zero-order chi connectivity index (χ0) is 18.7. The van der Waals surface area contributed by atoms with Crippen molar-refractivity contribution < 1.29 is 18.3 Å². The van der Waals surface area contributed by atoms with Gasteiger partial charge in [-0.3, -0.25) is 4.79 Å². The largest absolute Gasteiger partial charge is 0.457 e. The molecule has 3 rings (SSSR count). The van der Waals surface area contributed by atoms with Gasteiger partial charge in [-0.05, 0) is 65.6 Å². The molecule has 0 atom stereocenters. The molecule has 3 aromatic rings. The molecule has 0 saturated carbocycles. The van der Waals surface area contributed by atoms with Crippen LogP contribution in [0.4, 0.5) is 8.78 Å². The van der Waals surface area contributed by atoms with E-state index in [1.807, 2.05) is 13.0 Å². The Morgan fingerprint density at radius 3 is 2.08 bits per heavy atom. The van der Waals surface area contributed by atoms with Crippen molar-refractivity contribution in [3.05, 3.63) is 83.4 Å². The van der Waals surface area contributed by atoms with Gasteiger partial charge in [-0.15, -0.1) is 0 Å². The lowest BCUT2D eigenvalue weighted by Gasteiger charge is -2.10. The van der Waals surface area contributed by atoms with Crippen molar-refractivity contribution in [2.45, 2.75) is 13.3 Å². The molecule has 0 spiro atoms. The summed E-state index contributed by atoms with van der Waals surface area (Å²) in [5, 5.41) is 0. The second-order valence-electron chi connectivity index (χ2n) is 6.02. The molecule has 0 aliphatic rings. The molecule has 26 heavy (non-hydrogen) atoms. The van der Waals surface area contributed by atoms with E-state index in [1.54, 1.807) is 36.4 Å². The summed E-state index contributed by atoms with van der Waals surface area (Å²) >= 11 is 0. The van der Waals surface area contributed by atoms with E-state index in [0.29, 0.717) is 22.6 Å². The summed E-state index contributed by atoms with van der Waals surface area (Å²) in [5.74, 6) is -0.405. The number of halogens is 2. The Balaban J connectivity index is 1.77. The maximum atomic E-state index is 13.3. The highest BCUT2D eigenvalue weighted by Gasteiger charge is 2.07. The highest BCUT2D eigenvalue weighted by molar-refractivity contribution is 5.77. The number of benzene rings is 3. The maximum Gasteiger partial charge on any atom is 0.221 e. The van der Waals surface area contributed by atoms with Crippen LogP contribution >= 0.6 is 0 Å². The van der Waals surface area contributed by atoms with Crippen molar-refractivity contribution in [3.63, 3.8) is 0 Å². The third-order valence-electron chi connectivity index (χ3n) is 3.96. The standard InChI is InChI=1S/C21H17F2NO2/c1-13-8-20(7-4-15(13)11-21(24)25)26-19-5-2-14(3-6-19)16-9-17(22)12-18(23)10-16/h2-10,12H,11H2,1H3,(H2,24,25). The van der Waals surface area contributed by atoms with Crippen LogP contribution in [-0.2, 0) is 11.2 Å². The van der Waals surface area contributed by atoms with Crippen molar-refractivity contribution in [1.82, 2.24) is 0 Å². The molecule has 0 bridgehead atoms. The van der Waals surface area contributed by atoms with Crippen LogP contribution in [0.15, 0.2) is 60.7 Å². The minimum absolute atomic E-state index is 0.186. The number of carbonyl (C=O) groups is 1. The number of amides is 1. The van der Waals surface area contributed by atoms with Crippen LogP contribution in [0.2, 0.25) is 0 Å². The SMILES string of the molecule is Cc1cc(Oc2ccc(-c3cc(F)cc(F)c3)cc2)ccc1CC(N)=O. The molecule has 0 fully saturated rings. The van der Waals surface area contributed by atoms with Gasteiger partial charge < -0.3 is 10.5 Å². The summed E-state index contributed by atoms with van der Waals surface area (Å²) in [5.41, 5.74) is 8.13. The summed E-state index contributed by atoms with van der Waals surface area (Å²) in [7, 11) is 0. The van der Waals surface area contributed by atoms with E-state index >= 15 is 0 Å². The summed E-state index contributed by atoms with van der Waals surface area (Å²) in [6.45, 7) is 1.88. The van der Waals surface area contributed by atoms with E-state index in [2.05, 4.69) is 0 Å². The molecule has 0 aliphatic carbocycles. The van der Waals surface area contributed by atoms with Crippen LogP contribution in [0.1, 0.15) is 11.1 Å². The van der Waals surface area contributed by atoms with E-state index < -0.39 is 11.6 Å². The number of ether oxygens (including phenoxy) is 1. The van der Waals surface area contributed by atoms with E-state index in [4.69, 9.17) is 10.5 Å². The molecule has 0 heterocycles. The Hall–Kier alpha value is -3.21. The lowest BCUT2D eigenvalue weighted by atomic mass is 10.0. The molecule has 0 radical (unpaired) electrons. The first-order valence-electron chi connectivity index (χ1n) is 8.03. The van der Waals surface area contributed by atoms with Gasteiger partial charge in [0.05, 0.1) is 6.42 Å². The van der Waals surface area contributed by atoms with Gasteiger partial charge in [0.25, 0.3) is 0 Å². The minimum atomic E-state index is -0.619. The first-order valence-corrected chi connectivity index (χ1v) is 8.03. The van der Waals surface area contributed by atoms with Gasteiger partial charge in [0.2, 0.25) is 5.91 Å². The van der Waals surface area contributed by atoms with Crippen LogP contribution in [0, 0.1) is 18.6 Å². The topological polar surface area (TPSA) is 52.3 Å². The Morgan fingerprint density at radius 1 is 0.885 bits per heavy atom. The first-order chi connectivity index (χ1) is 12.4. The van der Waals surface area contributed by atoms with Crippen LogP contribution < -0.4 is 10.5 Å². The molecule has 0 aliphatic heterocycles. The number of primary amides is 1. The molecule has 132 valence electrons. The zero-order valence-electron chi connectivity index (χ0n) is 14.1. The Labute approximate surface area is 150 Å². The molecule has 2 N–H and O–H groups in total. The molecule has 0 aromatic heterocycles. The van der Waals surface area contributed by atoms with Crippen molar-refractivity contribution in [2.75, 3.05) is 0 Å². The average molecular weight is 353 g/mol. The number of rotatable bonds is 5. The Morgan fingerprint density at radius 2 is 1.50 bits per heavy atom. The van der Waals surface area contributed by atoms with Gasteiger partial charge in [-0.2, -0.15) is 0 Å². The van der Waals surface area contributed by atoms with Gasteiger partial charge in [-0.25, -0.2) is 8.78 Å². The lowest BCUT2D eigenvalue weighted by molar-refractivity contribution is -0.117. The van der Waals surface area contributed by atoms with Gasteiger partial charge in [0.1, 0.15) is 23.1 Å². The predicted octanol–water partition coefficient (Wildman–Crippen LogP) is 4.76. The fraction of sp³-hybridized carbons (Fsp3) is 0.0952. The first kappa shape index (κ1) is 17.6. The number of hydrogen-bond acceptors (Lipinski definition) is 2. The molecule has 0 unspecified atom stereocenters. The second kappa shape index (κ2) is 7.35. The third-order valence-corrected chi connectivity index (χ3v) is 3.96. The summed E-state index contributed by atoms with van der Waals surface area (Å²) < 4.78 is 32.5. The van der Waals surface area contributed by atoms with Crippen LogP contribution in [0.25, 0.3) is 11.1 Å². The maximum absolute atomic E-state index is 13.3. The fourth-order valence-corrected chi connectivity index (χ4v) is 2.69. The fourth-order valence-electron chi connectivity index (χ4n) is 2.69. The lowest BCUT2D eigenvalue weighted by Crippen LogP contribution is -2.14. The number of aryl methyl sites for hydroxylation is 1. The zero-order valence-corrected chi connectivity index (χ0v) is 14.1. The Bertz CT molecular complexity index is 932. The molecule has 1 amide bonds. The van der Waals surface area contributed by atoms with E-state index in [-0.39, 0.29) is 12.3 Å². The second-order valence-corrected chi connectivity index (χ2v) is 6.02. The van der Waals surface area contributed by atoms with Crippen LogP contribution in [0.5, 0.6) is 11.5 Å². The highest BCUT2D eigenvalue weighted by atomic mass is 19.1. The van der Waals surface area contributed by atoms with Crippen LogP contribution in [0.3, 0.4) is 0 Å². The molecule has 0 saturated heterocycles. The highest BCUT2D eigenvalue weighted by Crippen LogP contribution is 2.28. The van der Waals surface area contributed by atoms with Crippen molar-refractivity contribution in [2.24, 2.45) is 5.73 Å². The molecule has 3 aromatic carbocycles. The number of nitrogens with two attached hydrogens (primary N) is 1. The summed E-state index contributed by atoms with van der Waals surface area (Å²) in [6, 6.07) is 15.7. The smallest absolute Gasteiger partial charge is 0.221 e. The molecule has 5 heteroatoms. The van der Waals surface area contributed by atoms with Crippen molar-refractivity contribution >= 4 is 5.91 Å². The van der Waals surface area contributed by atoms with Gasteiger partial charge in [0.15, 0.2) is 0 Å². The normalized spacial score (nSPS) is 10.6. The van der Waals surface area contributed by atoms with E-state index in [1.165, 1.54) is 12.1 Å². The van der Waals surface area contributed by atoms with Crippen LogP contribution in [-0.4, -0.2) is 5.91 Å². The molecular formula is C21H17F2NO2. The molecular weight excluding hydrogens is 336 g/mol. The Kier molecular flexibility index (Phi) is 4.98. The van der Waals surface area contributed by atoms with Gasteiger partial charge >= 0.3 is 0 Å². The number of hydrogen-bond donors (Lipinski definition) is 1. The third kappa shape index (κ3) is 4.25.